The third-order valence-electron chi connectivity index (χ3n) is 6.43. The summed E-state index contributed by atoms with van der Waals surface area (Å²) >= 11 is 0. The summed E-state index contributed by atoms with van der Waals surface area (Å²) in [5, 5.41) is 22.7. The molecule has 1 aliphatic rings. The highest BCUT2D eigenvalue weighted by atomic mass is 16.3. The fraction of sp³-hybridized carbons (Fsp3) is 0.250. The fourth-order valence-corrected chi connectivity index (χ4v) is 4.68. The number of rotatable bonds is 8. The van der Waals surface area contributed by atoms with Crippen molar-refractivity contribution >= 4 is 5.82 Å². The van der Waals surface area contributed by atoms with E-state index in [9.17, 15) is 5.11 Å². The molecule has 0 radical (unpaired) electrons. The molecule has 0 spiro atoms. The van der Waals surface area contributed by atoms with Crippen LogP contribution in [0.3, 0.4) is 0 Å². The number of nitrogens with zero attached hydrogens (tertiary/aromatic N) is 2. The topological polar surface area (TPSA) is 62.1 Å². The number of anilines is 1. The molecule has 1 aliphatic carbocycles. The molecule has 0 aliphatic heterocycles. The Morgan fingerprint density at radius 3 is 2.36 bits per heavy atom. The molecule has 2 unspecified atom stereocenters. The van der Waals surface area contributed by atoms with E-state index in [1.807, 2.05) is 53.2 Å². The lowest BCUT2D eigenvalue weighted by Crippen LogP contribution is -2.40. The maximum atomic E-state index is 11.1. The average molecular weight is 439 g/mol. The summed E-state index contributed by atoms with van der Waals surface area (Å²) in [6.07, 6.45) is 2.91. The van der Waals surface area contributed by atoms with Crippen LogP contribution in [0.2, 0.25) is 0 Å². The van der Waals surface area contributed by atoms with E-state index in [4.69, 9.17) is 5.10 Å². The third-order valence-corrected chi connectivity index (χ3v) is 6.43. The van der Waals surface area contributed by atoms with Crippen molar-refractivity contribution in [3.8, 4) is 5.69 Å². The molecule has 168 valence electrons. The maximum absolute atomic E-state index is 11.1. The van der Waals surface area contributed by atoms with E-state index in [1.165, 1.54) is 16.7 Å². The number of aliphatic hydroxyl groups is 1. The van der Waals surface area contributed by atoms with E-state index in [1.54, 1.807) is 0 Å². The number of hydrogen-bond donors (Lipinski definition) is 3. The van der Waals surface area contributed by atoms with Crippen molar-refractivity contribution in [1.82, 2.24) is 15.1 Å². The third kappa shape index (κ3) is 4.70. The Bertz CT molecular complexity index is 1200. The predicted octanol–water partition coefficient (Wildman–Crippen LogP) is 4.93. The predicted molar refractivity (Wildman–Crippen MR) is 132 cm³/mol. The molecule has 0 fully saturated rings. The number of benzene rings is 3. The number of para-hydroxylation sites is 1. The highest BCUT2D eigenvalue weighted by Crippen LogP contribution is 2.31. The highest BCUT2D eigenvalue weighted by molar-refractivity contribution is 5.55. The lowest BCUT2D eigenvalue weighted by molar-refractivity contribution is 0.147. The first-order valence-electron chi connectivity index (χ1n) is 11.7. The van der Waals surface area contributed by atoms with Crippen LogP contribution < -0.4 is 10.6 Å². The highest BCUT2D eigenvalue weighted by Gasteiger charge is 2.25. The summed E-state index contributed by atoms with van der Waals surface area (Å²) in [6.45, 7) is 2.13. The first-order valence-corrected chi connectivity index (χ1v) is 11.7. The van der Waals surface area contributed by atoms with Gasteiger partial charge >= 0.3 is 0 Å². The number of aromatic nitrogens is 2. The van der Waals surface area contributed by atoms with Gasteiger partial charge in [0.05, 0.1) is 11.4 Å². The molecule has 0 saturated heterocycles. The molecule has 4 aromatic rings. The lowest BCUT2D eigenvalue weighted by Gasteiger charge is -2.25. The summed E-state index contributed by atoms with van der Waals surface area (Å²) in [5.41, 5.74) is 6.97. The van der Waals surface area contributed by atoms with E-state index in [0.717, 1.165) is 48.4 Å². The lowest BCUT2D eigenvalue weighted by atomic mass is 9.96. The van der Waals surface area contributed by atoms with Gasteiger partial charge in [0.2, 0.25) is 0 Å². The van der Waals surface area contributed by atoms with Gasteiger partial charge in [0, 0.05) is 11.6 Å². The van der Waals surface area contributed by atoms with Crippen LogP contribution in [0.1, 0.15) is 40.4 Å². The van der Waals surface area contributed by atoms with Gasteiger partial charge in [-0.1, -0.05) is 72.8 Å². The van der Waals surface area contributed by atoms with E-state index in [2.05, 4.69) is 54.0 Å². The molecular weight excluding hydrogens is 408 g/mol. The number of hydrogen-bond acceptors (Lipinski definition) is 4. The molecule has 5 nitrogen and oxygen atoms in total. The average Bonchev–Trinajstić information content (AvgIpc) is 3.44. The summed E-state index contributed by atoms with van der Waals surface area (Å²) in [4.78, 5) is 0. The molecule has 3 aromatic carbocycles. The van der Waals surface area contributed by atoms with E-state index >= 15 is 0 Å². The molecule has 0 amide bonds. The van der Waals surface area contributed by atoms with E-state index in [0.29, 0.717) is 0 Å². The van der Waals surface area contributed by atoms with Crippen molar-refractivity contribution in [3.63, 3.8) is 0 Å². The molecule has 2 atom stereocenters. The van der Waals surface area contributed by atoms with Crippen molar-refractivity contribution in [2.45, 2.75) is 45.0 Å². The van der Waals surface area contributed by atoms with Gasteiger partial charge in [-0.3, -0.25) is 5.32 Å². The van der Waals surface area contributed by atoms with Gasteiger partial charge in [-0.15, -0.1) is 0 Å². The van der Waals surface area contributed by atoms with Crippen molar-refractivity contribution in [2.75, 3.05) is 5.32 Å². The second-order valence-corrected chi connectivity index (χ2v) is 8.68. The van der Waals surface area contributed by atoms with Crippen molar-refractivity contribution < 1.29 is 5.11 Å². The molecule has 5 heteroatoms. The zero-order chi connectivity index (χ0) is 22.6. The van der Waals surface area contributed by atoms with E-state index in [-0.39, 0.29) is 6.04 Å². The van der Waals surface area contributed by atoms with Crippen LogP contribution in [-0.2, 0) is 19.3 Å². The number of aryl methyl sites for hydroxylation is 2. The van der Waals surface area contributed by atoms with Crippen LogP contribution in [0.25, 0.3) is 5.69 Å². The SMILES string of the molecule is Cc1ccccc1CC(NC(O)Nc1c2c(nn1-c1ccccc1)CCC2)c1ccccc1. The van der Waals surface area contributed by atoms with Gasteiger partial charge in [0.15, 0.2) is 6.35 Å². The Morgan fingerprint density at radius 1 is 0.909 bits per heavy atom. The Kier molecular flexibility index (Phi) is 6.24. The minimum absolute atomic E-state index is 0.0454. The van der Waals surface area contributed by atoms with Gasteiger partial charge in [0.25, 0.3) is 0 Å². The van der Waals surface area contributed by atoms with Gasteiger partial charge in [-0.25, -0.2) is 4.68 Å². The standard InChI is InChI=1S/C28H30N4O/c1-20-11-8-9-14-22(20)19-26(21-12-4-2-5-13-21)29-28(33)30-27-24-17-10-18-25(24)31-32(27)23-15-6-3-7-16-23/h2-9,11-16,26,28-30,33H,10,17-19H2,1H3. The van der Waals surface area contributed by atoms with Crippen molar-refractivity contribution in [1.29, 1.82) is 0 Å². The normalized spacial score (nSPS) is 14.6. The van der Waals surface area contributed by atoms with Crippen LogP contribution in [0, 0.1) is 6.92 Å². The van der Waals surface area contributed by atoms with Crippen LogP contribution in [0.15, 0.2) is 84.9 Å². The molecule has 1 aromatic heterocycles. The number of fused-ring (bicyclic) bond motifs is 1. The second-order valence-electron chi connectivity index (χ2n) is 8.68. The Morgan fingerprint density at radius 2 is 1.61 bits per heavy atom. The minimum atomic E-state index is -0.928. The van der Waals surface area contributed by atoms with Crippen LogP contribution in [0.5, 0.6) is 0 Å². The molecule has 1 heterocycles. The van der Waals surface area contributed by atoms with Gasteiger partial charge in [0.1, 0.15) is 5.82 Å². The quantitative estimate of drug-likeness (QED) is 0.341. The monoisotopic (exact) mass is 438 g/mol. The largest absolute Gasteiger partial charge is 0.361 e. The summed E-state index contributed by atoms with van der Waals surface area (Å²) in [5.74, 6) is 0.872. The zero-order valence-electron chi connectivity index (χ0n) is 18.9. The summed E-state index contributed by atoms with van der Waals surface area (Å²) < 4.78 is 1.92. The van der Waals surface area contributed by atoms with Gasteiger partial charge in [-0.05, 0) is 61.4 Å². The fourth-order valence-electron chi connectivity index (χ4n) is 4.68. The second kappa shape index (κ2) is 9.61. The van der Waals surface area contributed by atoms with Gasteiger partial charge in [-0.2, -0.15) is 5.10 Å². The molecular formula is C28H30N4O. The zero-order valence-corrected chi connectivity index (χ0v) is 18.9. The first-order chi connectivity index (χ1) is 16.2. The van der Waals surface area contributed by atoms with E-state index < -0.39 is 6.35 Å². The van der Waals surface area contributed by atoms with Crippen LogP contribution in [-0.4, -0.2) is 21.2 Å². The minimum Gasteiger partial charge on any atom is -0.361 e. The molecule has 33 heavy (non-hydrogen) atoms. The van der Waals surface area contributed by atoms with Crippen molar-refractivity contribution in [2.24, 2.45) is 0 Å². The molecule has 0 bridgehead atoms. The van der Waals surface area contributed by atoms with Crippen molar-refractivity contribution in [3.05, 3.63) is 113 Å². The summed E-state index contributed by atoms with van der Waals surface area (Å²) in [6, 6.07) is 28.8. The van der Waals surface area contributed by atoms with Crippen LogP contribution >= 0.6 is 0 Å². The first kappa shape index (κ1) is 21.4. The molecule has 3 N–H and O–H groups in total. The van der Waals surface area contributed by atoms with Crippen LogP contribution in [0.4, 0.5) is 5.82 Å². The van der Waals surface area contributed by atoms with Gasteiger partial charge < -0.3 is 10.4 Å². The number of nitrogens with one attached hydrogen (secondary N) is 2. The Balaban J connectivity index is 1.41. The molecule has 0 saturated carbocycles. The molecule has 5 rings (SSSR count). The smallest absolute Gasteiger partial charge is 0.183 e. The maximum Gasteiger partial charge on any atom is 0.183 e. The Hall–Kier alpha value is -3.41. The summed E-state index contributed by atoms with van der Waals surface area (Å²) in [7, 11) is 0. The number of aliphatic hydroxyl groups excluding tert-OH is 1. The Labute approximate surface area is 195 Å².